The third kappa shape index (κ3) is 5.90. The molecule has 0 aliphatic rings. The Balaban J connectivity index is 4.09. The van der Waals surface area contributed by atoms with E-state index in [1.165, 1.54) is 0 Å². The summed E-state index contributed by atoms with van der Waals surface area (Å²) in [7, 11) is 0.959. The van der Waals surface area contributed by atoms with Gasteiger partial charge in [0.15, 0.2) is 0 Å². The van der Waals surface area contributed by atoms with E-state index in [0.29, 0.717) is 4.90 Å². The Labute approximate surface area is 77.4 Å². The molecular weight excluding hydrogens is 211 g/mol. The van der Waals surface area contributed by atoms with Gasteiger partial charge in [-0.3, -0.25) is 4.90 Å². The van der Waals surface area contributed by atoms with Gasteiger partial charge in [0.05, 0.1) is 6.54 Å². The first-order chi connectivity index (χ1) is 6.02. The van der Waals surface area contributed by atoms with Gasteiger partial charge in [0.25, 0.3) is 0 Å². The summed E-state index contributed by atoms with van der Waals surface area (Å²) in [6.45, 7) is -4.76. The smallest absolute Gasteiger partial charge is 0.445 e. The average Bonchev–Trinajstić information content (AvgIpc) is 1.79. The largest absolute Gasteiger partial charge is 0.506 e. The first-order valence-electron chi connectivity index (χ1n) is 3.65. The second kappa shape index (κ2) is 4.25. The van der Waals surface area contributed by atoms with Crippen LogP contribution in [0, 0.1) is 0 Å². The van der Waals surface area contributed by atoms with E-state index in [0.717, 1.165) is 7.05 Å². The highest BCUT2D eigenvalue weighted by atomic mass is 19.4. The van der Waals surface area contributed by atoms with E-state index < -0.39 is 31.7 Å². The van der Waals surface area contributed by atoms with Gasteiger partial charge in [0.1, 0.15) is 0 Å². The number of nitrogens with zero attached hydrogens (tertiary/aromatic N) is 1. The molecule has 8 heteroatoms. The molecule has 84 valence electrons. The fourth-order valence-electron chi connectivity index (χ4n) is 0.812. The molecular formula is C6H9BF6N-. The number of hydrogen-bond donors (Lipinski definition) is 0. The van der Waals surface area contributed by atoms with Crippen molar-refractivity contribution in [2.24, 2.45) is 0 Å². The van der Waals surface area contributed by atoms with Crippen LogP contribution < -0.4 is 0 Å². The fourth-order valence-corrected chi connectivity index (χ4v) is 0.812. The summed E-state index contributed by atoms with van der Waals surface area (Å²) in [6, 6.07) is 0. The minimum atomic E-state index is -5.25. The lowest BCUT2D eigenvalue weighted by atomic mass is 9.80. The summed E-state index contributed by atoms with van der Waals surface area (Å²) < 4.78 is 70.8. The van der Waals surface area contributed by atoms with Gasteiger partial charge in [-0.1, -0.05) is 0 Å². The predicted octanol–water partition coefficient (Wildman–Crippen LogP) is 2.42. The van der Waals surface area contributed by atoms with Crippen LogP contribution in [0.2, 0.25) is 0 Å². The highest BCUT2D eigenvalue weighted by Crippen LogP contribution is 2.21. The molecule has 0 saturated heterocycles. The van der Waals surface area contributed by atoms with E-state index in [1.54, 1.807) is 0 Å². The molecule has 0 N–H and O–H groups in total. The summed E-state index contributed by atoms with van der Waals surface area (Å²) in [5, 5.41) is 0. The minimum Gasteiger partial charge on any atom is -0.445 e. The lowest BCUT2D eigenvalue weighted by Gasteiger charge is -2.24. The van der Waals surface area contributed by atoms with Crippen molar-refractivity contribution in [3.63, 3.8) is 0 Å². The Morgan fingerprint density at radius 1 is 1.29 bits per heavy atom. The van der Waals surface area contributed by atoms with E-state index in [9.17, 15) is 26.1 Å². The van der Waals surface area contributed by atoms with Gasteiger partial charge in [-0.05, 0) is 13.6 Å². The second-order valence-electron chi connectivity index (χ2n) is 3.02. The topological polar surface area (TPSA) is 3.24 Å². The van der Waals surface area contributed by atoms with Crippen molar-refractivity contribution in [1.82, 2.24) is 4.90 Å². The van der Waals surface area contributed by atoms with Crippen LogP contribution in [0.5, 0.6) is 0 Å². The molecule has 0 rings (SSSR count). The lowest BCUT2D eigenvalue weighted by Crippen LogP contribution is -2.36. The summed E-state index contributed by atoms with van der Waals surface area (Å²) in [4.78, 5) is 0.525. The molecule has 0 heterocycles. The molecule has 0 bridgehead atoms. The molecule has 0 aromatic heterocycles. The number of likely N-dealkylation sites (N-methyl/N-ethyl adjacent to an activating group) is 1. The maximum absolute atomic E-state index is 11.9. The van der Waals surface area contributed by atoms with Gasteiger partial charge >= 0.3 is 13.2 Å². The molecule has 0 fully saturated rings. The SMILES string of the molecule is C=C(CN(C)CC(F)(F)F)[B-](F)(F)F. The molecule has 0 saturated carbocycles. The van der Waals surface area contributed by atoms with Gasteiger partial charge in [0.2, 0.25) is 0 Å². The van der Waals surface area contributed by atoms with Gasteiger partial charge in [0, 0.05) is 0 Å². The van der Waals surface area contributed by atoms with Crippen molar-refractivity contribution < 1.29 is 26.1 Å². The van der Waals surface area contributed by atoms with E-state index in [4.69, 9.17) is 0 Å². The van der Waals surface area contributed by atoms with Gasteiger partial charge < -0.3 is 12.9 Å². The third-order valence-corrected chi connectivity index (χ3v) is 1.39. The van der Waals surface area contributed by atoms with Crippen LogP contribution in [0.1, 0.15) is 0 Å². The molecule has 1 nitrogen and oxygen atoms in total. The van der Waals surface area contributed by atoms with Crippen molar-refractivity contribution in [2.45, 2.75) is 6.18 Å². The molecule has 0 atom stereocenters. The Hall–Kier alpha value is -0.655. The monoisotopic (exact) mass is 220 g/mol. The van der Waals surface area contributed by atoms with Crippen molar-refractivity contribution in [3.05, 3.63) is 12.1 Å². The number of rotatable bonds is 4. The first-order valence-corrected chi connectivity index (χ1v) is 3.65. The minimum absolute atomic E-state index is 0.525. The first kappa shape index (κ1) is 13.3. The molecule has 14 heavy (non-hydrogen) atoms. The Morgan fingerprint density at radius 2 is 1.71 bits per heavy atom. The normalized spacial score (nSPS) is 13.4. The van der Waals surface area contributed by atoms with E-state index >= 15 is 0 Å². The van der Waals surface area contributed by atoms with Gasteiger partial charge in [-0.25, -0.2) is 0 Å². The van der Waals surface area contributed by atoms with Crippen LogP contribution in [0.25, 0.3) is 0 Å². The van der Waals surface area contributed by atoms with Crippen LogP contribution in [0.15, 0.2) is 12.1 Å². The zero-order chi connectivity index (χ0) is 11.6. The average molecular weight is 220 g/mol. The van der Waals surface area contributed by atoms with Crippen molar-refractivity contribution in [2.75, 3.05) is 20.1 Å². The molecule has 0 spiro atoms. The summed E-state index contributed by atoms with van der Waals surface area (Å²) in [5.74, 6) is 0. The molecule has 0 radical (unpaired) electrons. The maximum Gasteiger partial charge on any atom is 0.506 e. The van der Waals surface area contributed by atoms with E-state index in [1.807, 2.05) is 0 Å². The zero-order valence-corrected chi connectivity index (χ0v) is 7.41. The highest BCUT2D eigenvalue weighted by Gasteiger charge is 2.32. The van der Waals surface area contributed by atoms with Gasteiger partial charge in [-0.15, -0.1) is 12.1 Å². The quantitative estimate of drug-likeness (QED) is 0.519. The van der Waals surface area contributed by atoms with E-state index in [-0.39, 0.29) is 0 Å². The number of alkyl halides is 3. The standard InChI is InChI=1S/C6H9BF6N/c1-5(7(11,12)13)3-14(2)4-6(8,9)10/h1,3-4H2,2H3/q-1. The van der Waals surface area contributed by atoms with Crippen molar-refractivity contribution >= 4 is 6.98 Å². The highest BCUT2D eigenvalue weighted by molar-refractivity contribution is 6.66. The van der Waals surface area contributed by atoms with Gasteiger partial charge in [-0.2, -0.15) is 13.2 Å². The Bertz CT molecular complexity index is 207. The Kier molecular flexibility index (Phi) is 4.05. The van der Waals surface area contributed by atoms with Crippen LogP contribution >= 0.6 is 0 Å². The van der Waals surface area contributed by atoms with Crippen LogP contribution in [-0.4, -0.2) is 38.2 Å². The molecule has 0 aliphatic carbocycles. The summed E-state index contributed by atoms with van der Waals surface area (Å²) >= 11 is 0. The fraction of sp³-hybridized carbons (Fsp3) is 0.667. The van der Waals surface area contributed by atoms with Crippen LogP contribution in [0.4, 0.5) is 26.1 Å². The molecule has 0 aliphatic heterocycles. The molecule has 0 aromatic rings. The predicted molar refractivity (Wildman–Crippen MR) is 41.8 cm³/mol. The van der Waals surface area contributed by atoms with Crippen LogP contribution in [0.3, 0.4) is 0 Å². The lowest BCUT2D eigenvalue weighted by molar-refractivity contribution is -0.142. The maximum atomic E-state index is 11.9. The second-order valence-corrected chi connectivity index (χ2v) is 3.02. The molecule has 0 amide bonds. The van der Waals surface area contributed by atoms with Crippen molar-refractivity contribution in [3.8, 4) is 0 Å². The number of hydrogen-bond acceptors (Lipinski definition) is 1. The third-order valence-electron chi connectivity index (χ3n) is 1.39. The van der Waals surface area contributed by atoms with E-state index in [2.05, 4.69) is 6.58 Å². The zero-order valence-electron chi connectivity index (χ0n) is 7.41. The summed E-state index contributed by atoms with van der Waals surface area (Å²) in [6.07, 6.45) is -4.49. The van der Waals surface area contributed by atoms with Crippen molar-refractivity contribution in [1.29, 1.82) is 0 Å². The molecule has 0 aromatic carbocycles. The Morgan fingerprint density at radius 3 is 2.00 bits per heavy atom. The number of halogens is 6. The van der Waals surface area contributed by atoms with Crippen LogP contribution in [-0.2, 0) is 0 Å². The summed E-state index contributed by atoms with van der Waals surface area (Å²) in [5.41, 5.74) is -1.13. The molecule has 0 unspecified atom stereocenters.